The Morgan fingerprint density at radius 1 is 0.829 bits per heavy atom. The quantitative estimate of drug-likeness (QED) is 0.346. The lowest BCUT2D eigenvalue weighted by atomic mass is 10.0. The first kappa shape index (κ1) is 22.4. The molecule has 0 aliphatic rings. The van der Waals surface area contributed by atoms with Gasteiger partial charge in [0, 0.05) is 23.3 Å². The van der Waals surface area contributed by atoms with Gasteiger partial charge in [-0.3, -0.25) is 9.78 Å². The number of benzene rings is 3. The van der Waals surface area contributed by atoms with Crippen LogP contribution in [-0.4, -0.2) is 33.6 Å². The molecule has 5 heteroatoms. The number of rotatable bonds is 7. The number of hydrogen-bond donors (Lipinski definition) is 2. The van der Waals surface area contributed by atoms with Crippen molar-refractivity contribution >= 4 is 16.8 Å². The van der Waals surface area contributed by atoms with E-state index in [4.69, 9.17) is 4.98 Å². The van der Waals surface area contributed by atoms with Crippen LogP contribution in [0.5, 0.6) is 0 Å². The minimum atomic E-state index is -0.390. The van der Waals surface area contributed by atoms with E-state index in [9.17, 15) is 9.90 Å². The van der Waals surface area contributed by atoms with E-state index < -0.39 is 0 Å². The summed E-state index contributed by atoms with van der Waals surface area (Å²) in [5.41, 5.74) is 6.08. The van der Waals surface area contributed by atoms with Gasteiger partial charge in [0.25, 0.3) is 5.91 Å². The maximum Gasteiger partial charge on any atom is 0.252 e. The predicted octanol–water partition coefficient (Wildman–Crippen LogP) is 5.30. The highest BCUT2D eigenvalue weighted by Crippen LogP contribution is 2.27. The summed E-state index contributed by atoms with van der Waals surface area (Å²) in [6.45, 7) is -0.147. The summed E-state index contributed by atoms with van der Waals surface area (Å²) in [5, 5.41) is 13.7. The van der Waals surface area contributed by atoms with Crippen LogP contribution in [0, 0.1) is 0 Å². The molecule has 0 radical (unpaired) electrons. The van der Waals surface area contributed by atoms with Gasteiger partial charge >= 0.3 is 0 Å². The average molecular weight is 460 g/mol. The normalized spacial score (nSPS) is 11.8. The van der Waals surface area contributed by atoms with Gasteiger partial charge < -0.3 is 10.4 Å². The van der Waals surface area contributed by atoms with Crippen molar-refractivity contribution in [1.29, 1.82) is 0 Å². The molecule has 1 amide bonds. The van der Waals surface area contributed by atoms with Crippen molar-refractivity contribution in [2.45, 2.75) is 12.5 Å². The summed E-state index contributed by atoms with van der Waals surface area (Å²) in [6, 6.07) is 30.9. The third-order valence-corrected chi connectivity index (χ3v) is 6.02. The van der Waals surface area contributed by atoms with Crippen molar-refractivity contribution in [2.75, 3.05) is 6.61 Å². The lowest BCUT2D eigenvalue weighted by Crippen LogP contribution is -2.39. The molecule has 0 aliphatic heterocycles. The number of carbonyl (C=O) groups excluding carboxylic acids is 1. The number of nitrogens with one attached hydrogen (secondary N) is 1. The molecule has 0 saturated carbocycles. The maximum atomic E-state index is 13.4. The van der Waals surface area contributed by atoms with Crippen LogP contribution in [0.25, 0.3) is 33.3 Å². The Balaban J connectivity index is 1.46. The standard InChI is InChI=1S/C30H25N3O2/c34-20-25(17-21-7-2-1-3-8-21)32-30(35)27-18-29(33-28-11-5-4-10-26(27)28)23-14-12-22(13-15-23)24-9-6-16-31-19-24/h1-16,18-19,25,34H,17,20H2,(H,32,35). The Hall–Kier alpha value is -4.35. The van der Waals surface area contributed by atoms with Crippen LogP contribution < -0.4 is 5.32 Å². The van der Waals surface area contributed by atoms with E-state index in [0.717, 1.165) is 38.9 Å². The van der Waals surface area contributed by atoms with Crippen LogP contribution in [0.1, 0.15) is 15.9 Å². The first-order valence-electron chi connectivity index (χ1n) is 11.6. The van der Waals surface area contributed by atoms with Crippen LogP contribution in [0.15, 0.2) is 109 Å². The Morgan fingerprint density at radius 3 is 2.31 bits per heavy atom. The Morgan fingerprint density at radius 2 is 1.57 bits per heavy atom. The fraction of sp³-hybridized carbons (Fsp3) is 0.100. The molecule has 0 spiro atoms. The van der Waals surface area contributed by atoms with Gasteiger partial charge in [-0.05, 0) is 41.3 Å². The number of pyridine rings is 2. The van der Waals surface area contributed by atoms with E-state index in [2.05, 4.69) is 10.3 Å². The lowest BCUT2D eigenvalue weighted by Gasteiger charge is -2.18. The molecule has 0 aliphatic carbocycles. The number of carbonyl (C=O) groups is 1. The van der Waals surface area contributed by atoms with Crippen LogP contribution in [0.2, 0.25) is 0 Å². The van der Waals surface area contributed by atoms with Crippen LogP contribution in [-0.2, 0) is 6.42 Å². The molecule has 3 aromatic carbocycles. The first-order chi connectivity index (χ1) is 17.2. The highest BCUT2D eigenvalue weighted by molar-refractivity contribution is 6.07. The smallest absolute Gasteiger partial charge is 0.252 e. The molecule has 172 valence electrons. The lowest BCUT2D eigenvalue weighted by molar-refractivity contribution is 0.0918. The van der Waals surface area contributed by atoms with E-state index >= 15 is 0 Å². The van der Waals surface area contributed by atoms with Crippen molar-refractivity contribution < 1.29 is 9.90 Å². The average Bonchev–Trinajstić information content (AvgIpc) is 2.93. The molecule has 5 aromatic rings. The van der Waals surface area contributed by atoms with Crippen LogP contribution in [0.3, 0.4) is 0 Å². The van der Waals surface area contributed by atoms with Crippen molar-refractivity contribution in [3.05, 3.63) is 121 Å². The van der Waals surface area contributed by atoms with Crippen molar-refractivity contribution in [2.24, 2.45) is 0 Å². The number of hydrogen-bond acceptors (Lipinski definition) is 4. The molecule has 35 heavy (non-hydrogen) atoms. The molecule has 0 fully saturated rings. The van der Waals surface area contributed by atoms with Crippen LogP contribution >= 0.6 is 0 Å². The molecular formula is C30H25N3O2. The van der Waals surface area contributed by atoms with Gasteiger partial charge in [0.2, 0.25) is 0 Å². The number of fused-ring (bicyclic) bond motifs is 1. The SMILES string of the molecule is O=C(NC(CO)Cc1ccccc1)c1cc(-c2ccc(-c3cccnc3)cc2)nc2ccccc12. The molecule has 2 N–H and O–H groups in total. The largest absolute Gasteiger partial charge is 0.394 e. The number of amides is 1. The molecule has 0 bridgehead atoms. The summed E-state index contributed by atoms with van der Waals surface area (Å²) >= 11 is 0. The number of aromatic nitrogens is 2. The molecule has 2 aromatic heterocycles. The van der Waals surface area contributed by atoms with E-state index in [1.807, 2.05) is 103 Å². The van der Waals surface area contributed by atoms with Gasteiger partial charge in [0.1, 0.15) is 0 Å². The Bertz CT molecular complexity index is 1440. The Labute approximate surface area is 204 Å². The van der Waals surface area contributed by atoms with Gasteiger partial charge in [-0.15, -0.1) is 0 Å². The second-order valence-corrected chi connectivity index (χ2v) is 8.43. The van der Waals surface area contributed by atoms with Crippen molar-refractivity contribution in [3.63, 3.8) is 0 Å². The number of para-hydroxylation sites is 1. The van der Waals surface area contributed by atoms with Crippen molar-refractivity contribution in [1.82, 2.24) is 15.3 Å². The molecule has 1 unspecified atom stereocenters. The first-order valence-corrected chi connectivity index (χ1v) is 11.6. The minimum absolute atomic E-state index is 0.147. The predicted molar refractivity (Wildman–Crippen MR) is 139 cm³/mol. The minimum Gasteiger partial charge on any atom is -0.394 e. The van der Waals surface area contributed by atoms with Crippen LogP contribution in [0.4, 0.5) is 0 Å². The fourth-order valence-corrected chi connectivity index (χ4v) is 4.20. The van der Waals surface area contributed by atoms with E-state index in [0.29, 0.717) is 12.0 Å². The molecular weight excluding hydrogens is 434 g/mol. The molecule has 1 atom stereocenters. The van der Waals surface area contributed by atoms with Gasteiger partial charge in [-0.2, -0.15) is 0 Å². The summed E-state index contributed by atoms with van der Waals surface area (Å²) in [7, 11) is 0. The number of aliphatic hydroxyl groups is 1. The second-order valence-electron chi connectivity index (χ2n) is 8.43. The third-order valence-electron chi connectivity index (χ3n) is 6.02. The summed E-state index contributed by atoms with van der Waals surface area (Å²) in [4.78, 5) is 22.4. The molecule has 2 heterocycles. The van der Waals surface area contributed by atoms with Gasteiger partial charge in [0.05, 0.1) is 29.4 Å². The topological polar surface area (TPSA) is 75.1 Å². The summed E-state index contributed by atoms with van der Waals surface area (Å²) < 4.78 is 0. The number of nitrogens with zero attached hydrogens (tertiary/aromatic N) is 2. The summed E-state index contributed by atoms with van der Waals surface area (Å²) in [5.74, 6) is -0.230. The zero-order chi connectivity index (χ0) is 24.0. The zero-order valence-corrected chi connectivity index (χ0v) is 19.1. The monoisotopic (exact) mass is 459 g/mol. The van der Waals surface area contributed by atoms with Gasteiger partial charge in [-0.1, -0.05) is 78.9 Å². The Kier molecular flexibility index (Phi) is 6.59. The molecule has 0 saturated heterocycles. The van der Waals surface area contributed by atoms with Gasteiger partial charge in [-0.25, -0.2) is 4.98 Å². The zero-order valence-electron chi connectivity index (χ0n) is 19.1. The number of aliphatic hydroxyl groups excluding tert-OH is 1. The van der Waals surface area contributed by atoms with Crippen molar-refractivity contribution in [3.8, 4) is 22.4 Å². The molecule has 5 nitrogen and oxygen atoms in total. The highest BCUT2D eigenvalue weighted by atomic mass is 16.3. The fourth-order valence-electron chi connectivity index (χ4n) is 4.20. The third kappa shape index (κ3) is 5.10. The van der Waals surface area contributed by atoms with E-state index in [1.54, 1.807) is 6.20 Å². The summed E-state index contributed by atoms with van der Waals surface area (Å²) in [6.07, 6.45) is 4.14. The van der Waals surface area contributed by atoms with E-state index in [-0.39, 0.29) is 18.6 Å². The van der Waals surface area contributed by atoms with Gasteiger partial charge in [0.15, 0.2) is 0 Å². The van der Waals surface area contributed by atoms with E-state index in [1.165, 1.54) is 0 Å². The highest BCUT2D eigenvalue weighted by Gasteiger charge is 2.18. The second kappa shape index (κ2) is 10.3. The molecule has 5 rings (SSSR count). The maximum absolute atomic E-state index is 13.4.